The molecule has 0 aromatic heterocycles. The number of alkyl carbamates (subject to hydrolysis) is 1. The van der Waals surface area contributed by atoms with Crippen molar-refractivity contribution in [3.05, 3.63) is 0 Å². The number of carbonyl (C=O) groups is 3. The van der Waals surface area contributed by atoms with E-state index in [0.29, 0.717) is 6.54 Å². The van der Waals surface area contributed by atoms with Crippen molar-refractivity contribution in [2.45, 2.75) is 60.1 Å². The molecule has 0 saturated heterocycles. The molecule has 3 amide bonds. The lowest BCUT2D eigenvalue weighted by atomic mass is 10.0. The van der Waals surface area contributed by atoms with Crippen LogP contribution in [0.15, 0.2) is 0 Å². The Labute approximate surface area is 157 Å². The molecule has 0 saturated carbocycles. The van der Waals surface area contributed by atoms with E-state index in [9.17, 15) is 14.4 Å². The van der Waals surface area contributed by atoms with E-state index in [-0.39, 0.29) is 18.4 Å². The van der Waals surface area contributed by atoms with E-state index in [1.54, 1.807) is 20.8 Å². The van der Waals surface area contributed by atoms with Crippen LogP contribution in [0.1, 0.15) is 48.5 Å². The molecule has 1 atom stereocenters. The highest BCUT2D eigenvalue weighted by molar-refractivity contribution is 5.89. The number of hydrogen-bond acceptors (Lipinski definition) is 5. The summed E-state index contributed by atoms with van der Waals surface area (Å²) < 4.78 is 5.07. The molecular weight excluding hydrogens is 336 g/mol. The van der Waals surface area contributed by atoms with Gasteiger partial charge in [-0.2, -0.15) is 0 Å². The minimum atomic E-state index is -0.669. The summed E-state index contributed by atoms with van der Waals surface area (Å²) in [6, 6.07) is -0.653. The highest BCUT2D eigenvalue weighted by Crippen LogP contribution is 2.06. The lowest BCUT2D eigenvalue weighted by Gasteiger charge is -2.24. The second-order valence-electron chi connectivity index (χ2n) is 7.46. The number of ether oxygens (including phenoxy) is 1. The number of nitrogens with one attached hydrogen (secondary N) is 3. The molecule has 0 aromatic carbocycles. The number of likely N-dealkylation sites (N-methyl/N-ethyl adjacent to an activating group) is 1. The summed E-state index contributed by atoms with van der Waals surface area (Å²) in [5.74, 6) is -0.736. The van der Waals surface area contributed by atoms with Crippen LogP contribution in [0.5, 0.6) is 0 Å². The zero-order chi connectivity index (χ0) is 20.3. The van der Waals surface area contributed by atoms with E-state index in [0.717, 1.165) is 19.6 Å². The van der Waals surface area contributed by atoms with E-state index in [4.69, 9.17) is 4.74 Å². The molecular formula is C18H36N4O4. The van der Waals surface area contributed by atoms with Gasteiger partial charge in [-0.05, 0) is 39.8 Å². The molecule has 0 rings (SSSR count). The molecule has 152 valence electrons. The van der Waals surface area contributed by atoms with Gasteiger partial charge in [0.05, 0.1) is 0 Å². The monoisotopic (exact) mass is 372 g/mol. The van der Waals surface area contributed by atoms with E-state index >= 15 is 0 Å². The van der Waals surface area contributed by atoms with Crippen LogP contribution in [0.4, 0.5) is 4.79 Å². The highest BCUT2D eigenvalue weighted by Gasteiger charge is 2.24. The Bertz CT molecular complexity index is 457. The van der Waals surface area contributed by atoms with Crippen molar-refractivity contribution in [1.82, 2.24) is 20.9 Å². The first-order chi connectivity index (χ1) is 12.0. The van der Waals surface area contributed by atoms with Crippen LogP contribution in [0.25, 0.3) is 0 Å². The van der Waals surface area contributed by atoms with Crippen molar-refractivity contribution in [3.63, 3.8) is 0 Å². The van der Waals surface area contributed by atoms with E-state index in [1.807, 2.05) is 13.8 Å². The molecule has 0 aliphatic carbocycles. The van der Waals surface area contributed by atoms with Crippen LogP contribution >= 0.6 is 0 Å². The van der Waals surface area contributed by atoms with Crippen molar-refractivity contribution in [1.29, 1.82) is 0 Å². The van der Waals surface area contributed by atoms with Crippen molar-refractivity contribution in [3.8, 4) is 0 Å². The Morgan fingerprint density at radius 1 is 1.04 bits per heavy atom. The Kier molecular flexibility index (Phi) is 10.9. The predicted molar refractivity (Wildman–Crippen MR) is 102 cm³/mol. The molecule has 0 unspecified atom stereocenters. The van der Waals surface area contributed by atoms with Crippen LogP contribution in [0.2, 0.25) is 0 Å². The zero-order valence-electron chi connectivity index (χ0n) is 17.3. The van der Waals surface area contributed by atoms with Crippen LogP contribution < -0.4 is 16.0 Å². The molecule has 0 bridgehead atoms. The first-order valence-corrected chi connectivity index (χ1v) is 9.26. The fourth-order valence-corrected chi connectivity index (χ4v) is 2.21. The first-order valence-electron chi connectivity index (χ1n) is 9.26. The fraction of sp³-hybridized carbons (Fsp3) is 0.833. The maximum absolute atomic E-state index is 12.3. The molecule has 8 nitrogen and oxygen atoms in total. The SMILES string of the molecule is CCN(CC)CCNC(=O)[C@@H](NC(=O)CNC(=O)OC(C)(C)C)C(C)C. The minimum Gasteiger partial charge on any atom is -0.444 e. The minimum absolute atomic E-state index is 0.0751. The van der Waals surface area contributed by atoms with Gasteiger partial charge in [0.1, 0.15) is 18.2 Å². The largest absolute Gasteiger partial charge is 0.444 e. The van der Waals surface area contributed by atoms with Gasteiger partial charge in [-0.25, -0.2) is 4.79 Å². The van der Waals surface area contributed by atoms with Crippen LogP contribution in [0.3, 0.4) is 0 Å². The van der Waals surface area contributed by atoms with E-state index < -0.39 is 23.6 Å². The third kappa shape index (κ3) is 10.9. The Morgan fingerprint density at radius 3 is 2.08 bits per heavy atom. The predicted octanol–water partition coefficient (Wildman–Crippen LogP) is 1.11. The van der Waals surface area contributed by atoms with Gasteiger partial charge >= 0.3 is 6.09 Å². The fourth-order valence-electron chi connectivity index (χ4n) is 2.21. The van der Waals surface area contributed by atoms with Crippen LogP contribution in [-0.2, 0) is 14.3 Å². The van der Waals surface area contributed by atoms with Gasteiger partial charge < -0.3 is 25.6 Å². The standard InChI is InChI=1S/C18H36N4O4/c1-8-22(9-2)11-10-19-16(24)15(13(3)4)21-14(23)12-20-17(25)26-18(5,6)7/h13,15H,8-12H2,1-7H3,(H,19,24)(H,20,25)(H,21,23)/t15-/m0/s1. The summed E-state index contributed by atoms with van der Waals surface area (Å²) in [5, 5.41) is 7.91. The number of amides is 3. The average Bonchev–Trinajstić information content (AvgIpc) is 2.52. The lowest BCUT2D eigenvalue weighted by molar-refractivity contribution is -0.129. The molecule has 0 fully saturated rings. The molecule has 8 heteroatoms. The number of hydrogen-bond donors (Lipinski definition) is 3. The molecule has 26 heavy (non-hydrogen) atoms. The summed E-state index contributed by atoms with van der Waals surface area (Å²) in [6.45, 7) is 16.0. The normalized spacial score (nSPS) is 12.7. The zero-order valence-corrected chi connectivity index (χ0v) is 17.3. The third-order valence-corrected chi connectivity index (χ3v) is 3.68. The maximum Gasteiger partial charge on any atom is 0.408 e. The molecule has 0 aliphatic heterocycles. The topological polar surface area (TPSA) is 99.8 Å². The molecule has 0 spiro atoms. The van der Waals surface area contributed by atoms with Gasteiger partial charge in [0, 0.05) is 13.1 Å². The molecule has 3 N–H and O–H groups in total. The number of nitrogens with zero attached hydrogens (tertiary/aromatic N) is 1. The summed E-state index contributed by atoms with van der Waals surface area (Å²) in [4.78, 5) is 38.2. The molecule has 0 aliphatic rings. The van der Waals surface area contributed by atoms with Gasteiger partial charge in [0.2, 0.25) is 11.8 Å². The molecule has 0 aromatic rings. The van der Waals surface area contributed by atoms with Gasteiger partial charge in [-0.15, -0.1) is 0 Å². The second kappa shape index (κ2) is 11.7. The summed E-state index contributed by atoms with van der Waals surface area (Å²) in [7, 11) is 0. The maximum atomic E-state index is 12.3. The molecule has 0 radical (unpaired) electrons. The Hall–Kier alpha value is -1.83. The van der Waals surface area contributed by atoms with Crippen molar-refractivity contribution >= 4 is 17.9 Å². The average molecular weight is 373 g/mol. The van der Waals surface area contributed by atoms with E-state index in [2.05, 4.69) is 34.7 Å². The van der Waals surface area contributed by atoms with Gasteiger partial charge in [0.15, 0.2) is 0 Å². The third-order valence-electron chi connectivity index (χ3n) is 3.68. The van der Waals surface area contributed by atoms with Gasteiger partial charge in [0.25, 0.3) is 0 Å². The van der Waals surface area contributed by atoms with Gasteiger partial charge in [-0.3, -0.25) is 9.59 Å². The lowest BCUT2D eigenvalue weighted by Crippen LogP contribution is -2.53. The smallest absolute Gasteiger partial charge is 0.408 e. The van der Waals surface area contributed by atoms with Crippen molar-refractivity contribution in [2.24, 2.45) is 5.92 Å². The second-order valence-corrected chi connectivity index (χ2v) is 7.46. The highest BCUT2D eigenvalue weighted by atomic mass is 16.6. The Morgan fingerprint density at radius 2 is 1.62 bits per heavy atom. The van der Waals surface area contributed by atoms with Crippen molar-refractivity contribution < 1.29 is 19.1 Å². The number of carbonyl (C=O) groups excluding carboxylic acids is 3. The summed E-state index contributed by atoms with van der Waals surface area (Å²) in [5.41, 5.74) is -0.633. The number of rotatable bonds is 10. The Balaban J connectivity index is 4.42. The van der Waals surface area contributed by atoms with Crippen LogP contribution in [0, 0.1) is 5.92 Å². The van der Waals surface area contributed by atoms with Crippen molar-refractivity contribution in [2.75, 3.05) is 32.7 Å². The summed E-state index contributed by atoms with van der Waals surface area (Å²) >= 11 is 0. The molecule has 0 heterocycles. The quantitative estimate of drug-likeness (QED) is 0.533. The first kappa shape index (κ1) is 24.2. The van der Waals surface area contributed by atoms with Gasteiger partial charge in [-0.1, -0.05) is 27.7 Å². The van der Waals surface area contributed by atoms with Crippen LogP contribution in [-0.4, -0.2) is 67.2 Å². The van der Waals surface area contributed by atoms with E-state index in [1.165, 1.54) is 0 Å². The summed E-state index contributed by atoms with van der Waals surface area (Å²) in [6.07, 6.45) is -0.669.